The van der Waals surface area contributed by atoms with Crippen LogP contribution in [0.4, 0.5) is 21.5 Å². The number of rotatable bonds is 6. The van der Waals surface area contributed by atoms with Gasteiger partial charge in [-0.15, -0.1) is 0 Å². The van der Waals surface area contributed by atoms with Crippen LogP contribution in [0.5, 0.6) is 5.75 Å². The summed E-state index contributed by atoms with van der Waals surface area (Å²) in [5.74, 6) is -0.392. The van der Waals surface area contributed by atoms with E-state index in [1.54, 1.807) is 18.2 Å². The minimum absolute atomic E-state index is 0.115. The van der Waals surface area contributed by atoms with Gasteiger partial charge in [0.2, 0.25) is 0 Å². The summed E-state index contributed by atoms with van der Waals surface area (Å²) in [5, 5.41) is 5.74. The molecule has 0 radical (unpaired) electrons. The van der Waals surface area contributed by atoms with Crippen molar-refractivity contribution in [3.63, 3.8) is 0 Å². The molecule has 3 aromatic carbocycles. The summed E-state index contributed by atoms with van der Waals surface area (Å²) in [6.07, 6.45) is 0. The second kappa shape index (κ2) is 8.49. The van der Waals surface area contributed by atoms with Crippen LogP contribution in [0.25, 0.3) is 0 Å². The molecule has 0 aromatic heterocycles. The van der Waals surface area contributed by atoms with Crippen LogP contribution < -0.4 is 15.4 Å². The standard InChI is InChI=1S/C20H16BrFN2O2/c21-14-6-11-19(18(22)12-14)24-20(25)13-26-17-9-7-16(8-10-17)23-15-4-2-1-3-5-15/h1-12,23H,13H2,(H,24,25). The van der Waals surface area contributed by atoms with E-state index >= 15 is 0 Å². The molecule has 26 heavy (non-hydrogen) atoms. The average molecular weight is 415 g/mol. The van der Waals surface area contributed by atoms with Gasteiger partial charge in [0.1, 0.15) is 11.6 Å². The monoisotopic (exact) mass is 414 g/mol. The van der Waals surface area contributed by atoms with E-state index in [0.29, 0.717) is 10.2 Å². The number of benzene rings is 3. The molecule has 0 spiro atoms. The number of carbonyl (C=O) groups is 1. The van der Waals surface area contributed by atoms with Gasteiger partial charge in [-0.25, -0.2) is 4.39 Å². The molecule has 6 heteroatoms. The number of amides is 1. The first-order valence-corrected chi connectivity index (χ1v) is 8.69. The molecule has 132 valence electrons. The predicted octanol–water partition coefficient (Wildman–Crippen LogP) is 5.35. The summed E-state index contributed by atoms with van der Waals surface area (Å²) >= 11 is 3.17. The van der Waals surface area contributed by atoms with Crippen LogP contribution in [-0.2, 0) is 4.79 Å². The highest BCUT2D eigenvalue weighted by atomic mass is 79.9. The van der Waals surface area contributed by atoms with Gasteiger partial charge in [0.25, 0.3) is 5.91 Å². The van der Waals surface area contributed by atoms with Crippen LogP contribution in [0.15, 0.2) is 77.3 Å². The van der Waals surface area contributed by atoms with Gasteiger partial charge in [0, 0.05) is 15.8 Å². The van der Waals surface area contributed by atoms with E-state index in [-0.39, 0.29) is 12.3 Å². The molecule has 0 bridgehead atoms. The molecule has 0 saturated carbocycles. The molecule has 0 heterocycles. The fourth-order valence-electron chi connectivity index (χ4n) is 2.25. The lowest BCUT2D eigenvalue weighted by molar-refractivity contribution is -0.118. The Morgan fingerprint density at radius 1 is 0.962 bits per heavy atom. The van der Waals surface area contributed by atoms with Gasteiger partial charge in [-0.2, -0.15) is 0 Å². The molecule has 3 aromatic rings. The smallest absolute Gasteiger partial charge is 0.262 e. The second-order valence-corrected chi connectivity index (χ2v) is 6.39. The van der Waals surface area contributed by atoms with E-state index in [9.17, 15) is 9.18 Å². The Kier molecular flexibility index (Phi) is 5.86. The Morgan fingerprint density at radius 3 is 2.35 bits per heavy atom. The summed E-state index contributed by atoms with van der Waals surface area (Å²) in [5.41, 5.74) is 2.01. The van der Waals surface area contributed by atoms with Crippen molar-refractivity contribution < 1.29 is 13.9 Å². The largest absolute Gasteiger partial charge is 0.484 e. The quantitative estimate of drug-likeness (QED) is 0.571. The Morgan fingerprint density at radius 2 is 1.65 bits per heavy atom. The topological polar surface area (TPSA) is 50.4 Å². The van der Waals surface area contributed by atoms with Crippen molar-refractivity contribution in [3.8, 4) is 5.75 Å². The maximum atomic E-state index is 13.7. The highest BCUT2D eigenvalue weighted by Crippen LogP contribution is 2.21. The minimum atomic E-state index is -0.510. The van der Waals surface area contributed by atoms with Crippen LogP contribution in [0, 0.1) is 5.82 Å². The molecule has 3 rings (SSSR count). The van der Waals surface area contributed by atoms with Gasteiger partial charge in [0.15, 0.2) is 6.61 Å². The van der Waals surface area contributed by atoms with Gasteiger partial charge in [-0.3, -0.25) is 4.79 Å². The molecular formula is C20H16BrFN2O2. The lowest BCUT2D eigenvalue weighted by Crippen LogP contribution is -2.20. The summed E-state index contributed by atoms with van der Waals surface area (Å²) in [6, 6.07) is 21.5. The third kappa shape index (κ3) is 5.07. The fraction of sp³-hybridized carbons (Fsp3) is 0.0500. The van der Waals surface area contributed by atoms with Gasteiger partial charge in [0.05, 0.1) is 5.69 Å². The van der Waals surface area contributed by atoms with E-state index < -0.39 is 11.7 Å². The molecule has 0 unspecified atom stereocenters. The zero-order valence-corrected chi connectivity index (χ0v) is 15.3. The lowest BCUT2D eigenvalue weighted by atomic mass is 10.2. The van der Waals surface area contributed by atoms with Crippen LogP contribution in [-0.4, -0.2) is 12.5 Å². The number of halogens is 2. The van der Waals surface area contributed by atoms with E-state index in [0.717, 1.165) is 11.4 Å². The van der Waals surface area contributed by atoms with E-state index in [1.165, 1.54) is 12.1 Å². The van der Waals surface area contributed by atoms with Crippen molar-refractivity contribution in [1.82, 2.24) is 0 Å². The zero-order chi connectivity index (χ0) is 18.4. The van der Waals surface area contributed by atoms with E-state index in [1.807, 2.05) is 42.5 Å². The van der Waals surface area contributed by atoms with Gasteiger partial charge < -0.3 is 15.4 Å². The third-order valence-corrected chi connectivity index (χ3v) is 3.99. The van der Waals surface area contributed by atoms with Crippen molar-refractivity contribution in [2.24, 2.45) is 0 Å². The molecule has 0 aliphatic heterocycles. The maximum absolute atomic E-state index is 13.7. The first-order valence-electron chi connectivity index (χ1n) is 7.90. The molecule has 0 aliphatic rings. The van der Waals surface area contributed by atoms with Crippen LogP contribution in [0.3, 0.4) is 0 Å². The normalized spacial score (nSPS) is 10.2. The number of para-hydroxylation sites is 1. The number of hydrogen-bond acceptors (Lipinski definition) is 3. The van der Waals surface area contributed by atoms with Crippen molar-refractivity contribution in [2.45, 2.75) is 0 Å². The number of hydrogen-bond donors (Lipinski definition) is 2. The van der Waals surface area contributed by atoms with Gasteiger partial charge >= 0.3 is 0 Å². The summed E-state index contributed by atoms with van der Waals surface area (Å²) < 4.78 is 19.7. The van der Waals surface area contributed by atoms with Gasteiger partial charge in [-0.05, 0) is 54.6 Å². The van der Waals surface area contributed by atoms with Crippen molar-refractivity contribution in [3.05, 3.63) is 83.1 Å². The Labute approximate surface area is 159 Å². The maximum Gasteiger partial charge on any atom is 0.262 e. The third-order valence-electron chi connectivity index (χ3n) is 3.49. The molecule has 0 atom stereocenters. The molecule has 0 fully saturated rings. The van der Waals surface area contributed by atoms with Crippen LogP contribution in [0.1, 0.15) is 0 Å². The molecule has 4 nitrogen and oxygen atoms in total. The molecule has 2 N–H and O–H groups in total. The Bertz CT molecular complexity index is 886. The van der Waals surface area contributed by atoms with Crippen LogP contribution >= 0.6 is 15.9 Å². The van der Waals surface area contributed by atoms with Crippen LogP contribution in [0.2, 0.25) is 0 Å². The Hall–Kier alpha value is -2.86. The zero-order valence-electron chi connectivity index (χ0n) is 13.7. The van der Waals surface area contributed by atoms with Gasteiger partial charge in [-0.1, -0.05) is 34.1 Å². The number of nitrogens with one attached hydrogen (secondary N) is 2. The summed E-state index contributed by atoms with van der Waals surface area (Å²) in [6.45, 7) is -0.207. The SMILES string of the molecule is O=C(COc1ccc(Nc2ccccc2)cc1)Nc1ccc(Br)cc1F. The first kappa shape index (κ1) is 17.9. The fourth-order valence-corrected chi connectivity index (χ4v) is 2.58. The highest BCUT2D eigenvalue weighted by Gasteiger charge is 2.08. The number of ether oxygens (including phenoxy) is 1. The average Bonchev–Trinajstić information content (AvgIpc) is 2.64. The Balaban J connectivity index is 1.52. The van der Waals surface area contributed by atoms with E-state index in [4.69, 9.17) is 4.74 Å². The molecule has 1 amide bonds. The second-order valence-electron chi connectivity index (χ2n) is 5.48. The first-order chi connectivity index (χ1) is 12.6. The summed E-state index contributed by atoms with van der Waals surface area (Å²) in [7, 11) is 0. The molecule has 0 saturated heterocycles. The molecular weight excluding hydrogens is 399 g/mol. The van der Waals surface area contributed by atoms with Crippen molar-refractivity contribution >= 4 is 38.9 Å². The lowest BCUT2D eigenvalue weighted by Gasteiger charge is -2.10. The highest BCUT2D eigenvalue weighted by molar-refractivity contribution is 9.10. The predicted molar refractivity (Wildman–Crippen MR) is 104 cm³/mol. The summed E-state index contributed by atoms with van der Waals surface area (Å²) in [4.78, 5) is 11.9. The minimum Gasteiger partial charge on any atom is -0.484 e. The molecule has 0 aliphatic carbocycles. The van der Waals surface area contributed by atoms with Crippen molar-refractivity contribution in [1.29, 1.82) is 0 Å². The van der Waals surface area contributed by atoms with E-state index in [2.05, 4.69) is 26.6 Å². The van der Waals surface area contributed by atoms with Crippen molar-refractivity contribution in [2.75, 3.05) is 17.2 Å². The number of anilines is 3. The number of carbonyl (C=O) groups excluding carboxylic acids is 1.